The van der Waals surface area contributed by atoms with Gasteiger partial charge in [0.05, 0.1) is 11.0 Å². The smallest absolute Gasteiger partial charge is 0.111 e. The Balaban J connectivity index is 2.35. The fraction of sp³-hybridized carbons (Fsp3) is 0.500. The van der Waals surface area contributed by atoms with Crippen molar-refractivity contribution in [2.75, 3.05) is 13.1 Å². The van der Waals surface area contributed by atoms with Crippen LogP contribution in [0.25, 0.3) is 11.0 Å². The number of halogens is 1. The van der Waals surface area contributed by atoms with Crippen LogP contribution in [0.4, 0.5) is 0 Å². The Labute approximate surface area is 113 Å². The highest BCUT2D eigenvalue weighted by Crippen LogP contribution is 2.21. The second-order valence-electron chi connectivity index (χ2n) is 4.42. The number of fused-ring (bicyclic) bond motifs is 1. The minimum atomic E-state index is 0.776. The van der Waals surface area contributed by atoms with Crippen LogP contribution < -0.4 is 5.32 Å². The summed E-state index contributed by atoms with van der Waals surface area (Å²) in [6.07, 6.45) is 2.06. The van der Waals surface area contributed by atoms with Crippen molar-refractivity contribution >= 4 is 22.6 Å². The van der Waals surface area contributed by atoms with Crippen molar-refractivity contribution in [3.63, 3.8) is 0 Å². The van der Waals surface area contributed by atoms with Gasteiger partial charge in [0.1, 0.15) is 5.82 Å². The largest absolute Gasteiger partial charge is 0.328 e. The molecule has 0 aliphatic carbocycles. The van der Waals surface area contributed by atoms with Gasteiger partial charge < -0.3 is 9.88 Å². The van der Waals surface area contributed by atoms with Crippen molar-refractivity contribution in [3.8, 4) is 0 Å². The molecule has 2 aromatic rings. The van der Waals surface area contributed by atoms with E-state index in [1.165, 1.54) is 0 Å². The van der Waals surface area contributed by atoms with Crippen LogP contribution in [0.3, 0.4) is 0 Å². The van der Waals surface area contributed by atoms with E-state index in [1.807, 2.05) is 18.2 Å². The lowest BCUT2D eigenvalue weighted by Gasteiger charge is -2.08. The first kappa shape index (κ1) is 13.4. The van der Waals surface area contributed by atoms with E-state index in [4.69, 9.17) is 16.6 Å². The molecule has 0 amide bonds. The van der Waals surface area contributed by atoms with Crippen molar-refractivity contribution in [3.05, 3.63) is 29.0 Å². The van der Waals surface area contributed by atoms with Crippen LogP contribution in [0, 0.1) is 0 Å². The second-order valence-corrected chi connectivity index (χ2v) is 4.85. The number of hydrogen-bond acceptors (Lipinski definition) is 2. The first-order valence-corrected chi connectivity index (χ1v) is 6.99. The highest BCUT2D eigenvalue weighted by molar-refractivity contribution is 6.31. The van der Waals surface area contributed by atoms with E-state index >= 15 is 0 Å². The van der Waals surface area contributed by atoms with Crippen molar-refractivity contribution in [1.29, 1.82) is 0 Å². The number of benzene rings is 1. The van der Waals surface area contributed by atoms with Gasteiger partial charge in [0.25, 0.3) is 0 Å². The molecule has 0 spiro atoms. The van der Waals surface area contributed by atoms with Gasteiger partial charge in [0, 0.05) is 24.5 Å². The molecule has 0 fully saturated rings. The standard InChI is InChI=1S/C14H20ClN3/c1-3-9-18-13-10-11(15)5-6-12(13)17-14(18)7-8-16-4-2/h5-6,10,16H,3-4,7-9H2,1-2H3. The minimum absolute atomic E-state index is 0.776. The summed E-state index contributed by atoms with van der Waals surface area (Å²) in [6.45, 7) is 7.27. The van der Waals surface area contributed by atoms with Gasteiger partial charge in [-0.1, -0.05) is 25.4 Å². The molecular formula is C14H20ClN3. The molecule has 0 saturated heterocycles. The van der Waals surface area contributed by atoms with Crippen molar-refractivity contribution in [2.45, 2.75) is 33.2 Å². The number of nitrogens with zero attached hydrogens (tertiary/aromatic N) is 2. The molecule has 0 bridgehead atoms. The summed E-state index contributed by atoms with van der Waals surface area (Å²) in [4.78, 5) is 4.71. The van der Waals surface area contributed by atoms with Crippen LogP contribution >= 0.6 is 11.6 Å². The van der Waals surface area contributed by atoms with E-state index in [0.29, 0.717) is 0 Å². The Kier molecular flexibility index (Phi) is 4.61. The zero-order valence-electron chi connectivity index (χ0n) is 11.0. The topological polar surface area (TPSA) is 29.9 Å². The number of rotatable bonds is 6. The molecule has 3 nitrogen and oxygen atoms in total. The molecule has 2 rings (SSSR count). The van der Waals surface area contributed by atoms with Gasteiger partial charge in [-0.2, -0.15) is 0 Å². The van der Waals surface area contributed by atoms with E-state index in [2.05, 4.69) is 23.7 Å². The van der Waals surface area contributed by atoms with Gasteiger partial charge in [-0.3, -0.25) is 0 Å². The maximum Gasteiger partial charge on any atom is 0.111 e. The molecule has 1 aromatic heterocycles. The summed E-state index contributed by atoms with van der Waals surface area (Å²) in [6, 6.07) is 5.91. The number of likely N-dealkylation sites (N-methyl/N-ethyl adjacent to an activating group) is 1. The molecule has 0 atom stereocenters. The number of hydrogen-bond donors (Lipinski definition) is 1. The molecule has 18 heavy (non-hydrogen) atoms. The molecule has 0 unspecified atom stereocenters. The van der Waals surface area contributed by atoms with Crippen molar-refractivity contribution < 1.29 is 0 Å². The van der Waals surface area contributed by atoms with E-state index in [-0.39, 0.29) is 0 Å². The SMILES string of the molecule is CCCn1c(CCNCC)nc2ccc(Cl)cc21. The lowest BCUT2D eigenvalue weighted by molar-refractivity contribution is 0.625. The van der Waals surface area contributed by atoms with Gasteiger partial charge in [-0.25, -0.2) is 4.98 Å². The lowest BCUT2D eigenvalue weighted by Crippen LogP contribution is -2.18. The van der Waals surface area contributed by atoms with Crippen molar-refractivity contribution in [2.24, 2.45) is 0 Å². The number of imidazole rings is 1. The fourth-order valence-electron chi connectivity index (χ4n) is 2.19. The Morgan fingerprint density at radius 1 is 1.33 bits per heavy atom. The van der Waals surface area contributed by atoms with Gasteiger partial charge in [-0.05, 0) is 31.2 Å². The van der Waals surface area contributed by atoms with Crippen LogP contribution in [-0.4, -0.2) is 22.6 Å². The molecule has 0 aliphatic heterocycles. The second kappa shape index (κ2) is 6.21. The van der Waals surface area contributed by atoms with Crippen LogP contribution in [0.1, 0.15) is 26.1 Å². The highest BCUT2D eigenvalue weighted by Gasteiger charge is 2.10. The minimum Gasteiger partial charge on any atom is -0.328 e. The number of aryl methyl sites for hydroxylation is 1. The van der Waals surface area contributed by atoms with Crippen LogP contribution in [0.15, 0.2) is 18.2 Å². The summed E-state index contributed by atoms with van der Waals surface area (Å²) < 4.78 is 2.29. The third-order valence-electron chi connectivity index (χ3n) is 3.01. The number of aromatic nitrogens is 2. The Bertz CT molecular complexity index is 519. The molecule has 1 aromatic carbocycles. The van der Waals surface area contributed by atoms with E-state index in [1.54, 1.807) is 0 Å². The summed E-state index contributed by atoms with van der Waals surface area (Å²) in [7, 11) is 0. The molecular weight excluding hydrogens is 246 g/mol. The summed E-state index contributed by atoms with van der Waals surface area (Å²) in [5, 5.41) is 4.12. The lowest BCUT2D eigenvalue weighted by atomic mass is 10.3. The summed E-state index contributed by atoms with van der Waals surface area (Å²) >= 11 is 6.07. The third kappa shape index (κ3) is 2.85. The first-order chi connectivity index (χ1) is 8.76. The average molecular weight is 266 g/mol. The van der Waals surface area contributed by atoms with Crippen LogP contribution in [0.5, 0.6) is 0 Å². The predicted octanol–water partition coefficient (Wildman–Crippen LogP) is 3.25. The summed E-state index contributed by atoms with van der Waals surface area (Å²) in [5.74, 6) is 1.15. The fourth-order valence-corrected chi connectivity index (χ4v) is 2.35. The molecule has 0 aliphatic rings. The third-order valence-corrected chi connectivity index (χ3v) is 3.25. The van der Waals surface area contributed by atoms with Crippen molar-refractivity contribution in [1.82, 2.24) is 14.9 Å². The molecule has 1 heterocycles. The molecule has 1 N–H and O–H groups in total. The zero-order chi connectivity index (χ0) is 13.0. The van der Waals surface area contributed by atoms with Gasteiger partial charge >= 0.3 is 0 Å². The van der Waals surface area contributed by atoms with Crippen LogP contribution in [0.2, 0.25) is 5.02 Å². The van der Waals surface area contributed by atoms with Crippen LogP contribution in [-0.2, 0) is 13.0 Å². The van der Waals surface area contributed by atoms with Gasteiger partial charge in [0.2, 0.25) is 0 Å². The molecule has 0 radical (unpaired) electrons. The van der Waals surface area contributed by atoms with E-state index < -0.39 is 0 Å². The Morgan fingerprint density at radius 2 is 2.17 bits per heavy atom. The molecule has 4 heteroatoms. The average Bonchev–Trinajstić information content (AvgIpc) is 2.68. The predicted molar refractivity (Wildman–Crippen MR) is 77.3 cm³/mol. The number of nitrogens with one attached hydrogen (secondary N) is 1. The van der Waals surface area contributed by atoms with Gasteiger partial charge in [0.15, 0.2) is 0 Å². The first-order valence-electron chi connectivity index (χ1n) is 6.61. The Hall–Kier alpha value is -1.06. The Morgan fingerprint density at radius 3 is 2.89 bits per heavy atom. The highest BCUT2D eigenvalue weighted by atomic mass is 35.5. The zero-order valence-corrected chi connectivity index (χ0v) is 11.8. The van der Waals surface area contributed by atoms with Gasteiger partial charge in [-0.15, -0.1) is 0 Å². The summed E-state index contributed by atoms with van der Waals surface area (Å²) in [5.41, 5.74) is 2.19. The monoisotopic (exact) mass is 265 g/mol. The quantitative estimate of drug-likeness (QED) is 0.813. The molecule has 0 saturated carbocycles. The normalized spacial score (nSPS) is 11.3. The maximum atomic E-state index is 6.07. The molecule has 98 valence electrons. The van der Waals surface area contributed by atoms with E-state index in [0.717, 1.165) is 54.4 Å². The maximum absolute atomic E-state index is 6.07. The van der Waals surface area contributed by atoms with E-state index in [9.17, 15) is 0 Å².